The number of nitrogens with one attached hydrogen (secondary N) is 1. The molecule has 1 rings (SSSR count). The van der Waals surface area contributed by atoms with Crippen molar-refractivity contribution in [3.8, 4) is 0 Å². The van der Waals surface area contributed by atoms with Gasteiger partial charge in [0.1, 0.15) is 17.3 Å². The summed E-state index contributed by atoms with van der Waals surface area (Å²) in [5.74, 6) is -2.75. The third kappa shape index (κ3) is 8.25. The van der Waals surface area contributed by atoms with Gasteiger partial charge in [-0.3, -0.25) is 4.79 Å². The second kappa shape index (κ2) is 10.1. The molecule has 0 aromatic heterocycles. The van der Waals surface area contributed by atoms with Crippen molar-refractivity contribution < 1.29 is 33.0 Å². The molecule has 9 heteroatoms. The lowest BCUT2D eigenvalue weighted by Crippen LogP contribution is -2.51. The van der Waals surface area contributed by atoms with Gasteiger partial charge in [-0.25, -0.2) is 14.0 Å². The van der Waals surface area contributed by atoms with E-state index in [2.05, 4.69) is 10.1 Å². The number of methoxy groups -OCH3 is 1. The van der Waals surface area contributed by atoms with Crippen molar-refractivity contribution in [2.75, 3.05) is 13.0 Å². The highest BCUT2D eigenvalue weighted by molar-refractivity contribution is 6.26. The first-order valence-corrected chi connectivity index (χ1v) is 8.66. The first-order valence-electron chi connectivity index (χ1n) is 8.13. The molecule has 0 heterocycles. The fraction of sp³-hybridized carbons (Fsp3) is 0.500. The topological polar surface area (TPSA) is 90.9 Å². The van der Waals surface area contributed by atoms with Crippen molar-refractivity contribution in [1.29, 1.82) is 0 Å². The number of carbonyl (C=O) groups excluding carboxylic acids is 3. The molecule has 1 aromatic carbocycles. The summed E-state index contributed by atoms with van der Waals surface area (Å²) in [4.78, 5) is 35.9. The van der Waals surface area contributed by atoms with Crippen LogP contribution in [-0.4, -0.2) is 48.8 Å². The summed E-state index contributed by atoms with van der Waals surface area (Å²) in [6.07, 6.45) is -2.34. The van der Waals surface area contributed by atoms with E-state index in [9.17, 15) is 18.8 Å². The average molecular weight is 404 g/mol. The molecular formula is C18H23ClFNO6. The highest BCUT2D eigenvalue weighted by Gasteiger charge is 2.35. The number of alkyl halides is 1. The third-order valence-electron chi connectivity index (χ3n) is 3.21. The Hall–Kier alpha value is -2.35. The minimum Gasteiger partial charge on any atom is -0.466 e. The van der Waals surface area contributed by atoms with Crippen molar-refractivity contribution in [2.45, 2.75) is 44.9 Å². The summed E-state index contributed by atoms with van der Waals surface area (Å²) in [5, 5.41) is 2.48. The number of alkyl carbamates (subject to hydrolysis) is 1. The Morgan fingerprint density at radius 2 is 1.93 bits per heavy atom. The van der Waals surface area contributed by atoms with Gasteiger partial charge in [0.25, 0.3) is 0 Å². The van der Waals surface area contributed by atoms with Crippen LogP contribution in [-0.2, 0) is 30.2 Å². The lowest BCUT2D eigenvalue weighted by molar-refractivity contribution is -0.166. The van der Waals surface area contributed by atoms with Gasteiger partial charge in [0.2, 0.25) is 6.10 Å². The smallest absolute Gasteiger partial charge is 0.408 e. The Labute approximate surface area is 162 Å². The lowest BCUT2D eigenvalue weighted by atomic mass is 10.0. The maximum atomic E-state index is 13.5. The van der Waals surface area contributed by atoms with Crippen molar-refractivity contribution in [3.63, 3.8) is 0 Å². The van der Waals surface area contributed by atoms with E-state index in [4.69, 9.17) is 21.1 Å². The van der Waals surface area contributed by atoms with Gasteiger partial charge in [-0.2, -0.15) is 0 Å². The maximum Gasteiger partial charge on any atom is 0.408 e. The van der Waals surface area contributed by atoms with Crippen molar-refractivity contribution in [2.24, 2.45) is 0 Å². The molecule has 0 fully saturated rings. The van der Waals surface area contributed by atoms with Crippen LogP contribution in [0.15, 0.2) is 24.3 Å². The van der Waals surface area contributed by atoms with Gasteiger partial charge < -0.3 is 19.5 Å². The van der Waals surface area contributed by atoms with Crippen LogP contribution in [0.1, 0.15) is 26.3 Å². The fourth-order valence-corrected chi connectivity index (χ4v) is 2.26. The van der Waals surface area contributed by atoms with Crippen molar-refractivity contribution >= 4 is 29.6 Å². The quantitative estimate of drug-likeness (QED) is 0.427. The Morgan fingerprint density at radius 3 is 2.44 bits per heavy atom. The Morgan fingerprint density at radius 1 is 1.26 bits per heavy atom. The van der Waals surface area contributed by atoms with Gasteiger partial charge in [0.05, 0.1) is 13.2 Å². The van der Waals surface area contributed by atoms with E-state index in [1.807, 2.05) is 0 Å². The molecule has 0 unspecified atom stereocenters. The molecule has 150 valence electrons. The highest BCUT2D eigenvalue weighted by Crippen LogP contribution is 2.14. The molecule has 0 radical (unpaired) electrons. The first-order chi connectivity index (χ1) is 12.6. The second-order valence-corrected chi connectivity index (χ2v) is 6.92. The normalized spacial score (nSPS) is 13.3. The van der Waals surface area contributed by atoms with Crippen molar-refractivity contribution in [3.05, 3.63) is 35.6 Å². The molecule has 0 saturated heterocycles. The van der Waals surface area contributed by atoms with Gasteiger partial charge in [-0.05, 0) is 44.9 Å². The van der Waals surface area contributed by atoms with Gasteiger partial charge in [-0.15, -0.1) is 11.6 Å². The Balaban J connectivity index is 3.13. The molecule has 0 bridgehead atoms. The molecule has 1 amide bonds. The summed E-state index contributed by atoms with van der Waals surface area (Å²) in [5.41, 5.74) is -0.326. The fourth-order valence-electron chi connectivity index (χ4n) is 2.19. The molecule has 2 atom stereocenters. The van der Waals surface area contributed by atoms with Crippen LogP contribution in [0.3, 0.4) is 0 Å². The summed E-state index contributed by atoms with van der Waals surface area (Å²) in [7, 11) is 1.11. The minimum atomic E-state index is -1.49. The third-order valence-corrected chi connectivity index (χ3v) is 3.43. The molecule has 1 aromatic rings. The van der Waals surface area contributed by atoms with Crippen LogP contribution in [0.5, 0.6) is 0 Å². The number of ether oxygens (including phenoxy) is 3. The van der Waals surface area contributed by atoms with Gasteiger partial charge in [-0.1, -0.05) is 12.1 Å². The van der Waals surface area contributed by atoms with E-state index in [0.717, 1.165) is 7.11 Å². The van der Waals surface area contributed by atoms with Crippen LogP contribution in [0.25, 0.3) is 0 Å². The summed E-state index contributed by atoms with van der Waals surface area (Å²) >= 11 is 5.43. The molecule has 27 heavy (non-hydrogen) atoms. The van der Waals surface area contributed by atoms with Gasteiger partial charge in [0, 0.05) is 0 Å². The predicted octanol–water partition coefficient (Wildman–Crippen LogP) is 2.59. The number of carbonyl (C=O) groups is 3. The first kappa shape index (κ1) is 22.7. The Kier molecular flexibility index (Phi) is 8.49. The van der Waals surface area contributed by atoms with Crippen LogP contribution in [0.4, 0.5) is 9.18 Å². The zero-order valence-electron chi connectivity index (χ0n) is 15.6. The van der Waals surface area contributed by atoms with Crippen LogP contribution >= 0.6 is 11.6 Å². The minimum absolute atomic E-state index is 0.0215. The zero-order chi connectivity index (χ0) is 20.6. The van der Waals surface area contributed by atoms with E-state index < -0.39 is 47.5 Å². The van der Waals surface area contributed by atoms with E-state index in [1.54, 1.807) is 26.8 Å². The Bertz CT molecular complexity index is 676. The molecular weight excluding hydrogens is 381 g/mol. The summed E-state index contributed by atoms with van der Waals surface area (Å²) < 4.78 is 28.4. The molecule has 1 N–H and O–H groups in total. The molecule has 0 aliphatic carbocycles. The van der Waals surface area contributed by atoms with E-state index in [0.29, 0.717) is 5.56 Å². The van der Waals surface area contributed by atoms with Gasteiger partial charge >= 0.3 is 18.0 Å². The monoisotopic (exact) mass is 403 g/mol. The molecule has 7 nitrogen and oxygen atoms in total. The summed E-state index contributed by atoms with van der Waals surface area (Å²) in [6.45, 7) is 5.00. The lowest BCUT2D eigenvalue weighted by Gasteiger charge is -2.27. The number of hydrogen-bond donors (Lipinski definition) is 1. The van der Waals surface area contributed by atoms with Crippen molar-refractivity contribution in [1.82, 2.24) is 5.32 Å². The van der Waals surface area contributed by atoms with E-state index >= 15 is 0 Å². The molecule has 0 aliphatic rings. The van der Waals surface area contributed by atoms with E-state index in [1.165, 1.54) is 18.2 Å². The van der Waals surface area contributed by atoms with Crippen LogP contribution in [0.2, 0.25) is 0 Å². The number of halogens is 2. The zero-order valence-corrected chi connectivity index (χ0v) is 16.3. The largest absolute Gasteiger partial charge is 0.466 e. The van der Waals surface area contributed by atoms with Crippen LogP contribution < -0.4 is 5.32 Å². The van der Waals surface area contributed by atoms with Crippen LogP contribution in [0, 0.1) is 5.82 Å². The number of rotatable bonds is 7. The number of hydrogen-bond acceptors (Lipinski definition) is 6. The summed E-state index contributed by atoms with van der Waals surface area (Å²) in [6, 6.07) is 4.51. The number of esters is 2. The molecule has 0 aliphatic heterocycles. The molecule has 0 saturated carbocycles. The number of benzene rings is 1. The highest BCUT2D eigenvalue weighted by atomic mass is 35.5. The van der Waals surface area contributed by atoms with Gasteiger partial charge in [0.15, 0.2) is 0 Å². The second-order valence-electron chi connectivity index (χ2n) is 6.65. The maximum absolute atomic E-state index is 13.5. The van der Waals surface area contributed by atoms with E-state index in [-0.39, 0.29) is 6.42 Å². The predicted molar refractivity (Wildman–Crippen MR) is 95.9 cm³/mol. The SMILES string of the molecule is COC(=O)[C@H](OC(=O)CCl)[C@@H](Cc1cccc(F)c1)NC(=O)OC(C)(C)C. The molecule has 0 spiro atoms. The average Bonchev–Trinajstić information content (AvgIpc) is 2.56. The number of amides is 1. The standard InChI is InChI=1S/C18H23ClFNO6/c1-18(2,3)27-17(24)21-13(9-11-6-5-7-12(20)8-11)15(16(23)25-4)26-14(22)10-19/h5-8,13,15H,9-10H2,1-4H3,(H,21,24)/t13-,15-/m1/s1.